The highest BCUT2D eigenvalue weighted by atomic mass is 35.5. The molecule has 1 saturated heterocycles. The Bertz CT molecular complexity index is 346. The van der Waals surface area contributed by atoms with Crippen molar-refractivity contribution in [3.63, 3.8) is 0 Å². The van der Waals surface area contributed by atoms with E-state index in [4.69, 9.17) is 16.3 Å². The third kappa shape index (κ3) is 2.66. The Labute approximate surface area is 101 Å². The number of halogens is 1. The van der Waals surface area contributed by atoms with Gasteiger partial charge in [0.1, 0.15) is 0 Å². The van der Waals surface area contributed by atoms with Crippen molar-refractivity contribution in [3.05, 3.63) is 24.0 Å². The van der Waals surface area contributed by atoms with Crippen molar-refractivity contribution in [3.8, 4) is 0 Å². The predicted molar refractivity (Wildman–Crippen MR) is 66.0 cm³/mol. The summed E-state index contributed by atoms with van der Waals surface area (Å²) >= 11 is 5.93. The summed E-state index contributed by atoms with van der Waals surface area (Å²) in [6.45, 7) is 4.91. The van der Waals surface area contributed by atoms with Crippen molar-refractivity contribution < 1.29 is 4.74 Å². The quantitative estimate of drug-likeness (QED) is 0.743. The van der Waals surface area contributed by atoms with E-state index >= 15 is 0 Å². The molecular formula is C12H17ClN2O. The van der Waals surface area contributed by atoms with Crippen LogP contribution in [0, 0.1) is 0 Å². The molecule has 0 radical (unpaired) electrons. The normalized spacial score (nSPS) is 21.9. The lowest BCUT2D eigenvalue weighted by atomic mass is 10.2. The van der Waals surface area contributed by atoms with Gasteiger partial charge in [-0.1, -0.05) is 0 Å². The molecule has 1 aliphatic heterocycles. The average molecular weight is 241 g/mol. The minimum atomic E-state index is 0.277. The summed E-state index contributed by atoms with van der Waals surface area (Å²) in [4.78, 5) is 6.46. The Morgan fingerprint density at radius 3 is 3.31 bits per heavy atom. The van der Waals surface area contributed by atoms with Crippen LogP contribution in [0.1, 0.15) is 18.9 Å². The van der Waals surface area contributed by atoms with E-state index < -0.39 is 0 Å². The van der Waals surface area contributed by atoms with Crippen LogP contribution in [0.25, 0.3) is 0 Å². The molecule has 0 amide bonds. The number of anilines is 1. The van der Waals surface area contributed by atoms with Gasteiger partial charge in [0, 0.05) is 43.3 Å². The Hall–Kier alpha value is -0.800. The SMILES string of the molecule is CC1CN(c2ccncc2CCl)CCCO1. The molecule has 0 spiro atoms. The number of aromatic nitrogens is 1. The standard InChI is InChI=1S/C12H17ClN2O/c1-10-9-15(5-2-6-16-10)12-3-4-14-8-11(12)7-13/h3-4,8,10H,2,5-7,9H2,1H3. The lowest BCUT2D eigenvalue weighted by molar-refractivity contribution is 0.0821. The van der Waals surface area contributed by atoms with Gasteiger partial charge >= 0.3 is 0 Å². The van der Waals surface area contributed by atoms with Gasteiger partial charge in [0.05, 0.1) is 12.0 Å². The van der Waals surface area contributed by atoms with E-state index in [9.17, 15) is 0 Å². The number of pyridine rings is 1. The minimum absolute atomic E-state index is 0.277. The topological polar surface area (TPSA) is 25.4 Å². The van der Waals surface area contributed by atoms with E-state index in [1.54, 1.807) is 0 Å². The number of rotatable bonds is 2. The van der Waals surface area contributed by atoms with E-state index in [-0.39, 0.29) is 6.10 Å². The molecular weight excluding hydrogens is 224 g/mol. The molecule has 1 atom stereocenters. The van der Waals surface area contributed by atoms with Gasteiger partial charge in [-0.2, -0.15) is 0 Å². The molecule has 3 nitrogen and oxygen atoms in total. The first-order valence-electron chi connectivity index (χ1n) is 5.66. The van der Waals surface area contributed by atoms with Gasteiger partial charge in [-0.3, -0.25) is 4.98 Å². The molecule has 0 N–H and O–H groups in total. The average Bonchev–Trinajstić information content (AvgIpc) is 2.54. The van der Waals surface area contributed by atoms with Crippen LogP contribution in [-0.2, 0) is 10.6 Å². The fraction of sp³-hybridized carbons (Fsp3) is 0.583. The number of alkyl halides is 1. The summed E-state index contributed by atoms with van der Waals surface area (Å²) < 4.78 is 5.64. The molecule has 1 unspecified atom stereocenters. The summed E-state index contributed by atoms with van der Waals surface area (Å²) in [6, 6.07) is 2.04. The molecule has 16 heavy (non-hydrogen) atoms. The molecule has 2 heterocycles. The smallest absolute Gasteiger partial charge is 0.0721 e. The Balaban J connectivity index is 2.20. The zero-order valence-corrected chi connectivity index (χ0v) is 10.3. The second kappa shape index (κ2) is 5.51. The van der Waals surface area contributed by atoms with Crippen LogP contribution in [0.3, 0.4) is 0 Å². The fourth-order valence-electron chi connectivity index (χ4n) is 2.04. The molecule has 1 aliphatic rings. The van der Waals surface area contributed by atoms with E-state index in [0.29, 0.717) is 5.88 Å². The molecule has 0 aromatic carbocycles. The lowest BCUT2D eigenvalue weighted by Crippen LogP contribution is -2.30. The zero-order valence-electron chi connectivity index (χ0n) is 9.53. The summed E-state index contributed by atoms with van der Waals surface area (Å²) in [5, 5.41) is 0. The summed E-state index contributed by atoms with van der Waals surface area (Å²) in [6.07, 6.45) is 5.01. The summed E-state index contributed by atoms with van der Waals surface area (Å²) in [5.74, 6) is 0.509. The molecule has 2 rings (SSSR count). The maximum Gasteiger partial charge on any atom is 0.0721 e. The monoisotopic (exact) mass is 240 g/mol. The van der Waals surface area contributed by atoms with Crippen molar-refractivity contribution in [1.29, 1.82) is 0 Å². The van der Waals surface area contributed by atoms with Crippen molar-refractivity contribution in [2.75, 3.05) is 24.6 Å². The van der Waals surface area contributed by atoms with Gasteiger partial charge in [-0.15, -0.1) is 11.6 Å². The van der Waals surface area contributed by atoms with Crippen molar-refractivity contribution in [2.45, 2.75) is 25.3 Å². The van der Waals surface area contributed by atoms with Gasteiger partial charge in [-0.25, -0.2) is 0 Å². The second-order valence-electron chi connectivity index (χ2n) is 4.12. The Morgan fingerprint density at radius 2 is 2.50 bits per heavy atom. The zero-order chi connectivity index (χ0) is 11.4. The summed E-state index contributed by atoms with van der Waals surface area (Å²) in [7, 11) is 0. The minimum Gasteiger partial charge on any atom is -0.377 e. The first-order valence-corrected chi connectivity index (χ1v) is 6.20. The molecule has 1 aromatic rings. The molecule has 1 aromatic heterocycles. The van der Waals surface area contributed by atoms with Crippen molar-refractivity contribution in [2.24, 2.45) is 0 Å². The van der Waals surface area contributed by atoms with E-state index in [1.807, 2.05) is 18.5 Å². The lowest BCUT2D eigenvalue weighted by Gasteiger charge is -2.26. The number of ether oxygens (including phenoxy) is 1. The number of hydrogen-bond acceptors (Lipinski definition) is 3. The maximum absolute atomic E-state index is 5.93. The van der Waals surface area contributed by atoms with Crippen molar-refractivity contribution >= 4 is 17.3 Å². The van der Waals surface area contributed by atoms with Crippen LogP contribution in [0.15, 0.2) is 18.5 Å². The molecule has 1 fully saturated rings. The highest BCUT2D eigenvalue weighted by Crippen LogP contribution is 2.23. The van der Waals surface area contributed by atoms with Gasteiger partial charge in [0.25, 0.3) is 0 Å². The molecule has 0 saturated carbocycles. The van der Waals surface area contributed by atoms with E-state index in [2.05, 4.69) is 16.8 Å². The first kappa shape index (κ1) is 11.7. The highest BCUT2D eigenvalue weighted by Gasteiger charge is 2.17. The van der Waals surface area contributed by atoms with Crippen molar-refractivity contribution in [1.82, 2.24) is 4.98 Å². The highest BCUT2D eigenvalue weighted by molar-refractivity contribution is 6.17. The second-order valence-corrected chi connectivity index (χ2v) is 4.39. The van der Waals surface area contributed by atoms with Crippen LogP contribution in [-0.4, -0.2) is 30.8 Å². The fourth-order valence-corrected chi connectivity index (χ4v) is 2.25. The van der Waals surface area contributed by atoms with Crippen LogP contribution in [0.5, 0.6) is 0 Å². The third-order valence-electron chi connectivity index (χ3n) is 2.81. The van der Waals surface area contributed by atoms with Crippen LogP contribution in [0.4, 0.5) is 5.69 Å². The van der Waals surface area contributed by atoms with Crippen LogP contribution in [0.2, 0.25) is 0 Å². The molecule has 0 bridgehead atoms. The number of hydrogen-bond donors (Lipinski definition) is 0. The Morgan fingerprint density at radius 1 is 1.62 bits per heavy atom. The largest absolute Gasteiger partial charge is 0.377 e. The number of nitrogens with zero attached hydrogens (tertiary/aromatic N) is 2. The maximum atomic E-state index is 5.93. The van der Waals surface area contributed by atoms with Crippen LogP contribution >= 0.6 is 11.6 Å². The van der Waals surface area contributed by atoms with Crippen LogP contribution < -0.4 is 4.90 Å². The molecule has 4 heteroatoms. The first-order chi connectivity index (χ1) is 7.81. The van der Waals surface area contributed by atoms with Gasteiger partial charge in [0.2, 0.25) is 0 Å². The molecule has 0 aliphatic carbocycles. The van der Waals surface area contributed by atoms with Gasteiger partial charge in [0.15, 0.2) is 0 Å². The Kier molecular flexibility index (Phi) is 4.02. The van der Waals surface area contributed by atoms with Gasteiger partial charge < -0.3 is 9.64 Å². The van der Waals surface area contributed by atoms with E-state index in [1.165, 1.54) is 5.69 Å². The predicted octanol–water partition coefficient (Wildman–Crippen LogP) is 2.44. The summed E-state index contributed by atoms with van der Waals surface area (Å²) in [5.41, 5.74) is 2.29. The van der Waals surface area contributed by atoms with Gasteiger partial charge in [-0.05, 0) is 19.4 Å². The van der Waals surface area contributed by atoms with E-state index in [0.717, 1.165) is 31.7 Å². The molecule has 88 valence electrons. The third-order valence-corrected chi connectivity index (χ3v) is 3.10.